The van der Waals surface area contributed by atoms with Gasteiger partial charge in [-0.05, 0) is 54.4 Å². The van der Waals surface area contributed by atoms with E-state index >= 15 is 0 Å². The molecular formula is C17H15FN2O. The Morgan fingerprint density at radius 2 is 1.95 bits per heavy atom. The van der Waals surface area contributed by atoms with Gasteiger partial charge in [0.25, 0.3) is 0 Å². The molecule has 0 aliphatic rings. The summed E-state index contributed by atoms with van der Waals surface area (Å²) < 4.78 is 18.3. The van der Waals surface area contributed by atoms with E-state index in [2.05, 4.69) is 10.3 Å². The number of hydrogen-bond donors (Lipinski definition) is 1. The van der Waals surface area contributed by atoms with Crippen LogP contribution in [0.4, 0.5) is 10.1 Å². The highest BCUT2D eigenvalue weighted by Crippen LogP contribution is 2.21. The second-order valence-corrected chi connectivity index (χ2v) is 4.87. The Hall–Kier alpha value is -2.62. The van der Waals surface area contributed by atoms with Crippen molar-refractivity contribution in [1.29, 1.82) is 0 Å². The number of nitrogens with one attached hydrogen (secondary N) is 1. The Kier molecular flexibility index (Phi) is 3.69. The molecule has 0 radical (unpaired) electrons. The Bertz CT molecular complexity index is 721. The smallest absolute Gasteiger partial charge is 0.181 e. The lowest BCUT2D eigenvalue weighted by Crippen LogP contribution is -2.01. The molecule has 4 heteroatoms. The zero-order valence-electron chi connectivity index (χ0n) is 11.6. The number of anilines is 1. The fourth-order valence-electron chi connectivity index (χ4n) is 2.17. The fourth-order valence-corrected chi connectivity index (χ4v) is 2.17. The summed E-state index contributed by atoms with van der Waals surface area (Å²) in [5.41, 5.74) is 4.01. The second kappa shape index (κ2) is 5.79. The molecule has 2 aromatic carbocycles. The maximum absolute atomic E-state index is 13.1. The number of aryl methyl sites for hydroxylation is 1. The summed E-state index contributed by atoms with van der Waals surface area (Å²) in [6.07, 6.45) is 3.10. The van der Waals surface area contributed by atoms with E-state index in [9.17, 15) is 4.39 Å². The minimum atomic E-state index is -0.201. The van der Waals surface area contributed by atoms with Gasteiger partial charge in [0.15, 0.2) is 12.2 Å². The molecule has 0 fully saturated rings. The van der Waals surface area contributed by atoms with Crippen LogP contribution in [-0.2, 0) is 6.54 Å². The van der Waals surface area contributed by atoms with E-state index in [1.807, 2.05) is 31.2 Å². The fraction of sp³-hybridized carbons (Fsp3) is 0.118. The van der Waals surface area contributed by atoms with E-state index < -0.39 is 0 Å². The summed E-state index contributed by atoms with van der Waals surface area (Å²) in [7, 11) is 0. The molecule has 3 rings (SSSR count). The van der Waals surface area contributed by atoms with Gasteiger partial charge >= 0.3 is 0 Å². The third-order valence-corrected chi connectivity index (χ3v) is 3.39. The van der Waals surface area contributed by atoms with Crippen molar-refractivity contribution in [1.82, 2.24) is 4.98 Å². The summed E-state index contributed by atoms with van der Waals surface area (Å²) in [5, 5.41) is 3.33. The van der Waals surface area contributed by atoms with Crippen LogP contribution in [0.2, 0.25) is 0 Å². The standard InChI is InChI=1S/C17H15FN2O/c1-12-8-15(18)5-2-14(12)9-20-16-6-3-13(4-7-16)17-10-19-11-21-17/h2-8,10-11,20H,9H2,1H3. The summed E-state index contributed by atoms with van der Waals surface area (Å²) in [4.78, 5) is 3.90. The van der Waals surface area contributed by atoms with Crippen molar-refractivity contribution < 1.29 is 8.81 Å². The molecule has 0 atom stereocenters. The number of rotatable bonds is 4. The van der Waals surface area contributed by atoms with Crippen LogP contribution >= 0.6 is 0 Å². The molecule has 3 nitrogen and oxygen atoms in total. The van der Waals surface area contributed by atoms with Crippen LogP contribution in [-0.4, -0.2) is 4.98 Å². The molecule has 0 bridgehead atoms. The number of benzene rings is 2. The number of aromatic nitrogens is 1. The van der Waals surface area contributed by atoms with Crippen LogP contribution in [0, 0.1) is 12.7 Å². The van der Waals surface area contributed by atoms with Gasteiger partial charge in [0, 0.05) is 17.8 Å². The largest absolute Gasteiger partial charge is 0.444 e. The average Bonchev–Trinajstić information content (AvgIpc) is 3.01. The van der Waals surface area contributed by atoms with Crippen molar-refractivity contribution in [3.63, 3.8) is 0 Å². The van der Waals surface area contributed by atoms with E-state index in [0.29, 0.717) is 6.54 Å². The second-order valence-electron chi connectivity index (χ2n) is 4.87. The molecule has 0 aliphatic carbocycles. The SMILES string of the molecule is Cc1cc(F)ccc1CNc1ccc(-c2cnco2)cc1. The highest BCUT2D eigenvalue weighted by molar-refractivity contribution is 5.60. The number of oxazole rings is 1. The van der Waals surface area contributed by atoms with E-state index in [4.69, 9.17) is 4.42 Å². The molecule has 0 amide bonds. The van der Waals surface area contributed by atoms with Crippen molar-refractivity contribution in [3.8, 4) is 11.3 Å². The highest BCUT2D eigenvalue weighted by Gasteiger charge is 2.02. The molecule has 0 aliphatic heterocycles. The molecule has 1 heterocycles. The molecule has 0 unspecified atom stereocenters. The minimum absolute atomic E-state index is 0.201. The third kappa shape index (κ3) is 3.11. The van der Waals surface area contributed by atoms with Crippen molar-refractivity contribution in [2.24, 2.45) is 0 Å². The maximum Gasteiger partial charge on any atom is 0.181 e. The molecular weight excluding hydrogens is 267 g/mol. The Morgan fingerprint density at radius 1 is 1.14 bits per heavy atom. The Morgan fingerprint density at radius 3 is 2.62 bits per heavy atom. The van der Waals surface area contributed by atoms with Crippen molar-refractivity contribution in [2.45, 2.75) is 13.5 Å². The molecule has 0 saturated heterocycles. The molecule has 1 aromatic heterocycles. The van der Waals surface area contributed by atoms with Crippen LogP contribution in [0.15, 0.2) is 59.5 Å². The number of halogens is 1. The molecule has 21 heavy (non-hydrogen) atoms. The minimum Gasteiger partial charge on any atom is -0.444 e. The maximum atomic E-state index is 13.1. The summed E-state index contributed by atoms with van der Waals surface area (Å²) in [6.45, 7) is 2.57. The van der Waals surface area contributed by atoms with Crippen LogP contribution in [0.1, 0.15) is 11.1 Å². The van der Waals surface area contributed by atoms with Gasteiger partial charge in [-0.15, -0.1) is 0 Å². The zero-order chi connectivity index (χ0) is 14.7. The molecule has 0 saturated carbocycles. The van der Waals surface area contributed by atoms with Crippen molar-refractivity contribution >= 4 is 5.69 Å². The van der Waals surface area contributed by atoms with Crippen LogP contribution < -0.4 is 5.32 Å². The first-order valence-corrected chi connectivity index (χ1v) is 6.70. The first kappa shape index (κ1) is 13.4. The van der Waals surface area contributed by atoms with Crippen LogP contribution in [0.25, 0.3) is 11.3 Å². The lowest BCUT2D eigenvalue weighted by atomic mass is 10.1. The molecule has 1 N–H and O–H groups in total. The van der Waals surface area contributed by atoms with Gasteiger partial charge in [0.05, 0.1) is 6.20 Å². The highest BCUT2D eigenvalue weighted by atomic mass is 19.1. The quantitative estimate of drug-likeness (QED) is 0.770. The van der Waals surface area contributed by atoms with E-state index in [1.54, 1.807) is 18.3 Å². The van der Waals surface area contributed by atoms with E-state index in [1.165, 1.54) is 12.5 Å². The van der Waals surface area contributed by atoms with Crippen LogP contribution in [0.3, 0.4) is 0 Å². The Labute approximate surface area is 122 Å². The van der Waals surface area contributed by atoms with Crippen molar-refractivity contribution in [3.05, 3.63) is 72.0 Å². The van der Waals surface area contributed by atoms with Gasteiger partial charge in [-0.1, -0.05) is 6.07 Å². The summed E-state index contributed by atoms with van der Waals surface area (Å²) in [5.74, 6) is 0.545. The first-order valence-electron chi connectivity index (χ1n) is 6.70. The first-order chi connectivity index (χ1) is 10.2. The topological polar surface area (TPSA) is 38.1 Å². The monoisotopic (exact) mass is 282 g/mol. The van der Waals surface area contributed by atoms with Gasteiger partial charge in [-0.2, -0.15) is 0 Å². The predicted molar refractivity (Wildman–Crippen MR) is 80.4 cm³/mol. The molecule has 106 valence electrons. The average molecular weight is 282 g/mol. The lowest BCUT2D eigenvalue weighted by molar-refractivity contribution is 0.572. The van der Waals surface area contributed by atoms with E-state index in [0.717, 1.165) is 28.1 Å². The number of hydrogen-bond acceptors (Lipinski definition) is 3. The summed E-state index contributed by atoms with van der Waals surface area (Å²) in [6, 6.07) is 12.7. The van der Waals surface area contributed by atoms with Gasteiger partial charge in [0.1, 0.15) is 5.82 Å². The van der Waals surface area contributed by atoms with Gasteiger partial charge in [-0.25, -0.2) is 9.37 Å². The van der Waals surface area contributed by atoms with Gasteiger partial charge in [0.2, 0.25) is 0 Å². The Balaban J connectivity index is 1.68. The number of nitrogens with zero attached hydrogens (tertiary/aromatic N) is 1. The van der Waals surface area contributed by atoms with Gasteiger partial charge in [-0.3, -0.25) is 0 Å². The third-order valence-electron chi connectivity index (χ3n) is 3.39. The zero-order valence-corrected chi connectivity index (χ0v) is 11.6. The summed E-state index contributed by atoms with van der Waals surface area (Å²) >= 11 is 0. The molecule has 0 spiro atoms. The van der Waals surface area contributed by atoms with Crippen molar-refractivity contribution in [2.75, 3.05) is 5.32 Å². The van der Waals surface area contributed by atoms with E-state index in [-0.39, 0.29) is 5.82 Å². The predicted octanol–water partition coefficient (Wildman–Crippen LogP) is 4.40. The normalized spacial score (nSPS) is 10.6. The van der Waals surface area contributed by atoms with Crippen LogP contribution in [0.5, 0.6) is 0 Å². The van der Waals surface area contributed by atoms with Gasteiger partial charge < -0.3 is 9.73 Å². The lowest BCUT2D eigenvalue weighted by Gasteiger charge is -2.09. The molecule has 3 aromatic rings.